The summed E-state index contributed by atoms with van der Waals surface area (Å²) in [6, 6.07) is 16.2. The Morgan fingerprint density at radius 1 is 1.09 bits per heavy atom. The summed E-state index contributed by atoms with van der Waals surface area (Å²) >= 11 is 3.48. The lowest BCUT2D eigenvalue weighted by molar-refractivity contribution is -0.115. The second-order valence-electron chi connectivity index (χ2n) is 5.55. The standard InChI is InChI=1S/C19H17BrN2O/c1-13-6-8-14(9-7-13)10-11-18-21-17(19(23)22-18)12-15-4-2-3-5-16(15)20/h2-9,12H,10-11H2,1H3,(H,21,22,23)/b17-12-. The molecule has 0 aliphatic carbocycles. The number of hydrogen-bond donors (Lipinski definition) is 1. The number of aryl methyl sites for hydroxylation is 2. The highest BCUT2D eigenvalue weighted by Gasteiger charge is 2.19. The lowest BCUT2D eigenvalue weighted by Crippen LogP contribution is -2.24. The predicted octanol–water partition coefficient (Wildman–Crippen LogP) is 4.26. The van der Waals surface area contributed by atoms with Crippen molar-refractivity contribution in [3.8, 4) is 0 Å². The van der Waals surface area contributed by atoms with Crippen LogP contribution in [0.2, 0.25) is 0 Å². The first-order chi connectivity index (χ1) is 11.1. The van der Waals surface area contributed by atoms with E-state index in [1.54, 1.807) is 6.08 Å². The van der Waals surface area contributed by atoms with E-state index in [9.17, 15) is 4.79 Å². The van der Waals surface area contributed by atoms with E-state index in [0.717, 1.165) is 28.7 Å². The number of benzene rings is 2. The van der Waals surface area contributed by atoms with Crippen molar-refractivity contribution in [1.82, 2.24) is 5.32 Å². The molecule has 0 bridgehead atoms. The number of carbonyl (C=O) groups excluding carboxylic acids is 1. The number of hydrogen-bond acceptors (Lipinski definition) is 2. The molecule has 116 valence electrons. The number of carbonyl (C=O) groups is 1. The Bertz CT molecular complexity index is 791. The van der Waals surface area contributed by atoms with Gasteiger partial charge < -0.3 is 5.32 Å². The van der Waals surface area contributed by atoms with Crippen molar-refractivity contribution in [1.29, 1.82) is 0 Å². The molecule has 2 aromatic carbocycles. The molecule has 0 saturated heterocycles. The van der Waals surface area contributed by atoms with Crippen molar-refractivity contribution in [2.24, 2.45) is 4.99 Å². The van der Waals surface area contributed by atoms with Gasteiger partial charge >= 0.3 is 0 Å². The lowest BCUT2D eigenvalue weighted by Gasteiger charge is -2.02. The molecule has 1 heterocycles. The number of halogens is 1. The summed E-state index contributed by atoms with van der Waals surface area (Å²) in [4.78, 5) is 16.5. The van der Waals surface area contributed by atoms with E-state index in [1.165, 1.54) is 11.1 Å². The van der Waals surface area contributed by atoms with E-state index in [-0.39, 0.29) is 5.91 Å². The maximum absolute atomic E-state index is 12.0. The molecule has 0 atom stereocenters. The fraction of sp³-hybridized carbons (Fsp3) is 0.158. The Hall–Kier alpha value is -2.20. The minimum Gasteiger partial charge on any atom is -0.309 e. The zero-order valence-electron chi connectivity index (χ0n) is 12.8. The van der Waals surface area contributed by atoms with Crippen molar-refractivity contribution in [2.45, 2.75) is 19.8 Å². The first kappa shape index (κ1) is 15.7. The average molecular weight is 369 g/mol. The molecule has 1 N–H and O–H groups in total. The van der Waals surface area contributed by atoms with E-state index in [0.29, 0.717) is 5.70 Å². The Morgan fingerprint density at radius 3 is 2.57 bits per heavy atom. The summed E-state index contributed by atoms with van der Waals surface area (Å²) in [5.74, 6) is 0.591. The van der Waals surface area contributed by atoms with Crippen LogP contribution in [0.1, 0.15) is 23.1 Å². The molecule has 0 spiro atoms. The van der Waals surface area contributed by atoms with Crippen LogP contribution in [0.5, 0.6) is 0 Å². The van der Waals surface area contributed by atoms with Crippen LogP contribution in [0.3, 0.4) is 0 Å². The van der Waals surface area contributed by atoms with Gasteiger partial charge in [0.2, 0.25) is 0 Å². The third-order valence-electron chi connectivity index (χ3n) is 3.71. The van der Waals surface area contributed by atoms with Crippen LogP contribution in [0.4, 0.5) is 0 Å². The van der Waals surface area contributed by atoms with Crippen molar-refractivity contribution in [3.63, 3.8) is 0 Å². The number of rotatable bonds is 4. The monoisotopic (exact) mass is 368 g/mol. The third kappa shape index (κ3) is 3.96. The van der Waals surface area contributed by atoms with E-state index >= 15 is 0 Å². The van der Waals surface area contributed by atoms with Gasteiger partial charge in [-0.05, 0) is 36.6 Å². The van der Waals surface area contributed by atoms with Crippen molar-refractivity contribution >= 4 is 33.7 Å². The highest BCUT2D eigenvalue weighted by molar-refractivity contribution is 9.10. The highest BCUT2D eigenvalue weighted by atomic mass is 79.9. The predicted molar refractivity (Wildman–Crippen MR) is 97.2 cm³/mol. The molecule has 1 amide bonds. The summed E-state index contributed by atoms with van der Waals surface area (Å²) < 4.78 is 0.948. The van der Waals surface area contributed by atoms with Gasteiger partial charge in [0.25, 0.3) is 5.91 Å². The molecule has 1 aliphatic heterocycles. The number of aliphatic imine (C=N–C) groups is 1. The van der Waals surface area contributed by atoms with Gasteiger partial charge in [-0.2, -0.15) is 0 Å². The van der Waals surface area contributed by atoms with Gasteiger partial charge in [-0.15, -0.1) is 0 Å². The summed E-state index contributed by atoms with van der Waals surface area (Å²) in [7, 11) is 0. The highest BCUT2D eigenvalue weighted by Crippen LogP contribution is 2.21. The van der Waals surface area contributed by atoms with Gasteiger partial charge in [-0.3, -0.25) is 4.79 Å². The zero-order valence-corrected chi connectivity index (χ0v) is 14.4. The minimum atomic E-state index is -0.139. The minimum absolute atomic E-state index is 0.139. The van der Waals surface area contributed by atoms with Crippen molar-refractivity contribution in [2.75, 3.05) is 0 Å². The van der Waals surface area contributed by atoms with Crippen LogP contribution < -0.4 is 5.32 Å². The van der Waals surface area contributed by atoms with E-state index in [2.05, 4.69) is 57.4 Å². The van der Waals surface area contributed by atoms with Crippen LogP contribution in [-0.2, 0) is 11.2 Å². The largest absolute Gasteiger partial charge is 0.309 e. The summed E-state index contributed by atoms with van der Waals surface area (Å²) in [6.07, 6.45) is 3.39. The molecule has 3 rings (SSSR count). The van der Waals surface area contributed by atoms with Crippen LogP contribution >= 0.6 is 15.9 Å². The molecule has 0 fully saturated rings. The fourth-order valence-electron chi connectivity index (χ4n) is 2.39. The Labute approximate surface area is 144 Å². The van der Waals surface area contributed by atoms with E-state index in [4.69, 9.17) is 0 Å². The maximum atomic E-state index is 12.0. The second-order valence-corrected chi connectivity index (χ2v) is 6.40. The van der Waals surface area contributed by atoms with Crippen LogP contribution in [-0.4, -0.2) is 11.7 Å². The molecule has 0 aromatic heterocycles. The topological polar surface area (TPSA) is 41.5 Å². The normalized spacial score (nSPS) is 15.7. The molecule has 4 heteroatoms. The van der Waals surface area contributed by atoms with Crippen molar-refractivity contribution in [3.05, 3.63) is 75.4 Å². The first-order valence-corrected chi connectivity index (χ1v) is 8.32. The fourth-order valence-corrected chi connectivity index (χ4v) is 2.79. The number of amides is 1. The second kappa shape index (κ2) is 6.92. The van der Waals surface area contributed by atoms with Gasteiger partial charge in [0, 0.05) is 10.9 Å². The summed E-state index contributed by atoms with van der Waals surface area (Å²) in [5, 5.41) is 2.85. The zero-order chi connectivity index (χ0) is 16.2. The number of nitrogens with zero attached hydrogens (tertiary/aromatic N) is 1. The van der Waals surface area contributed by atoms with Gasteiger partial charge in [0.05, 0.1) is 0 Å². The maximum Gasteiger partial charge on any atom is 0.275 e. The summed E-state index contributed by atoms with van der Waals surface area (Å²) in [5.41, 5.74) is 3.90. The van der Waals surface area contributed by atoms with Gasteiger partial charge in [0.15, 0.2) is 0 Å². The van der Waals surface area contributed by atoms with E-state index < -0.39 is 0 Å². The van der Waals surface area contributed by atoms with Gasteiger partial charge in [-0.1, -0.05) is 64.0 Å². The molecule has 2 aromatic rings. The number of amidine groups is 1. The van der Waals surface area contributed by atoms with Crippen LogP contribution in [0.15, 0.2) is 63.7 Å². The van der Waals surface area contributed by atoms with E-state index in [1.807, 2.05) is 24.3 Å². The SMILES string of the molecule is Cc1ccc(CCC2=N/C(=C\c3ccccc3Br)C(=O)N2)cc1. The molecular formula is C19H17BrN2O. The van der Waals surface area contributed by atoms with Crippen LogP contribution in [0.25, 0.3) is 6.08 Å². The Morgan fingerprint density at radius 2 is 1.83 bits per heavy atom. The average Bonchev–Trinajstić information content (AvgIpc) is 2.89. The van der Waals surface area contributed by atoms with Crippen molar-refractivity contribution < 1.29 is 4.79 Å². The quantitative estimate of drug-likeness (QED) is 0.804. The Balaban J connectivity index is 1.71. The molecule has 0 unspecified atom stereocenters. The molecule has 0 saturated carbocycles. The summed E-state index contributed by atoms with van der Waals surface area (Å²) in [6.45, 7) is 2.07. The number of nitrogens with one attached hydrogen (secondary N) is 1. The molecule has 23 heavy (non-hydrogen) atoms. The smallest absolute Gasteiger partial charge is 0.275 e. The first-order valence-electron chi connectivity index (χ1n) is 7.52. The van der Waals surface area contributed by atoms with Gasteiger partial charge in [-0.25, -0.2) is 4.99 Å². The molecular weight excluding hydrogens is 352 g/mol. The Kier molecular flexibility index (Phi) is 4.72. The molecule has 0 radical (unpaired) electrons. The third-order valence-corrected chi connectivity index (χ3v) is 4.44. The molecule has 3 nitrogen and oxygen atoms in total. The van der Waals surface area contributed by atoms with Gasteiger partial charge in [0.1, 0.15) is 11.5 Å². The lowest BCUT2D eigenvalue weighted by atomic mass is 10.1. The molecule has 1 aliphatic rings. The van der Waals surface area contributed by atoms with Crippen LogP contribution in [0, 0.1) is 6.92 Å².